The SMILES string of the molecule is C#CCN1C[C@H](C)CC1=O. The van der Waals surface area contributed by atoms with E-state index < -0.39 is 0 Å². The average molecular weight is 137 g/mol. The second-order valence-electron chi connectivity index (χ2n) is 2.79. The van der Waals surface area contributed by atoms with E-state index in [0.29, 0.717) is 18.9 Å². The molecule has 0 spiro atoms. The second-order valence-corrected chi connectivity index (χ2v) is 2.79. The molecular formula is C8H11NO. The molecule has 0 bridgehead atoms. The molecule has 0 aromatic rings. The molecule has 2 nitrogen and oxygen atoms in total. The van der Waals surface area contributed by atoms with Gasteiger partial charge in [0.1, 0.15) is 0 Å². The fourth-order valence-corrected chi connectivity index (χ4v) is 1.23. The van der Waals surface area contributed by atoms with E-state index in [1.165, 1.54) is 0 Å². The Morgan fingerprint density at radius 1 is 1.90 bits per heavy atom. The van der Waals surface area contributed by atoms with E-state index in [2.05, 4.69) is 12.8 Å². The van der Waals surface area contributed by atoms with Crippen molar-refractivity contribution in [2.45, 2.75) is 13.3 Å². The fraction of sp³-hybridized carbons (Fsp3) is 0.625. The highest BCUT2D eigenvalue weighted by molar-refractivity contribution is 5.78. The molecule has 10 heavy (non-hydrogen) atoms. The summed E-state index contributed by atoms with van der Waals surface area (Å²) in [4.78, 5) is 12.7. The Morgan fingerprint density at radius 3 is 3.00 bits per heavy atom. The van der Waals surface area contributed by atoms with Crippen LogP contribution in [0.2, 0.25) is 0 Å². The Morgan fingerprint density at radius 2 is 2.60 bits per heavy atom. The fourth-order valence-electron chi connectivity index (χ4n) is 1.23. The second kappa shape index (κ2) is 2.74. The number of amides is 1. The zero-order chi connectivity index (χ0) is 7.56. The molecule has 0 unspecified atom stereocenters. The standard InChI is InChI=1S/C8H11NO/c1-3-4-9-6-7(2)5-8(9)10/h1,7H,4-6H2,2H3/t7-/m1/s1. The Balaban J connectivity index is 2.48. The normalized spacial score (nSPS) is 25.0. The third-order valence-electron chi connectivity index (χ3n) is 1.69. The van der Waals surface area contributed by atoms with Crippen molar-refractivity contribution < 1.29 is 4.79 Å². The number of terminal acetylenes is 1. The first kappa shape index (κ1) is 7.14. The molecule has 1 aliphatic rings. The zero-order valence-corrected chi connectivity index (χ0v) is 6.13. The van der Waals surface area contributed by atoms with Gasteiger partial charge in [0.25, 0.3) is 0 Å². The van der Waals surface area contributed by atoms with Gasteiger partial charge in [-0.15, -0.1) is 6.42 Å². The van der Waals surface area contributed by atoms with Crippen molar-refractivity contribution in [2.75, 3.05) is 13.1 Å². The minimum Gasteiger partial charge on any atom is -0.331 e. The van der Waals surface area contributed by atoms with Gasteiger partial charge in [0.05, 0.1) is 6.54 Å². The molecule has 1 aliphatic heterocycles. The number of carbonyl (C=O) groups excluding carboxylic acids is 1. The van der Waals surface area contributed by atoms with E-state index in [4.69, 9.17) is 6.42 Å². The van der Waals surface area contributed by atoms with Gasteiger partial charge in [0, 0.05) is 13.0 Å². The Labute approximate surface area is 61.2 Å². The Hall–Kier alpha value is -0.970. The maximum absolute atomic E-state index is 11.0. The van der Waals surface area contributed by atoms with E-state index in [0.717, 1.165) is 6.54 Å². The van der Waals surface area contributed by atoms with Crippen molar-refractivity contribution in [3.63, 3.8) is 0 Å². The van der Waals surface area contributed by atoms with E-state index in [9.17, 15) is 4.79 Å². The largest absolute Gasteiger partial charge is 0.331 e. The minimum atomic E-state index is 0.199. The summed E-state index contributed by atoms with van der Waals surface area (Å²) in [6.07, 6.45) is 5.74. The number of nitrogens with zero attached hydrogens (tertiary/aromatic N) is 1. The molecule has 0 radical (unpaired) electrons. The molecule has 0 N–H and O–H groups in total. The van der Waals surface area contributed by atoms with Crippen LogP contribution in [0.4, 0.5) is 0 Å². The molecule has 2 heteroatoms. The number of carbonyl (C=O) groups is 1. The summed E-state index contributed by atoms with van der Waals surface area (Å²) >= 11 is 0. The summed E-state index contributed by atoms with van der Waals surface area (Å²) in [7, 11) is 0. The highest BCUT2D eigenvalue weighted by Crippen LogP contribution is 2.15. The minimum absolute atomic E-state index is 0.199. The van der Waals surface area contributed by atoms with Gasteiger partial charge >= 0.3 is 0 Å². The number of likely N-dealkylation sites (tertiary alicyclic amines) is 1. The van der Waals surface area contributed by atoms with E-state index in [1.807, 2.05) is 0 Å². The quantitative estimate of drug-likeness (QED) is 0.481. The summed E-state index contributed by atoms with van der Waals surface area (Å²) in [5.41, 5.74) is 0. The van der Waals surface area contributed by atoms with E-state index in [1.54, 1.807) is 4.90 Å². The molecular weight excluding hydrogens is 126 g/mol. The van der Waals surface area contributed by atoms with Crippen LogP contribution in [-0.2, 0) is 4.79 Å². The van der Waals surface area contributed by atoms with E-state index in [-0.39, 0.29) is 5.91 Å². The summed E-state index contributed by atoms with van der Waals surface area (Å²) in [5, 5.41) is 0. The average Bonchev–Trinajstić information content (AvgIpc) is 2.13. The van der Waals surface area contributed by atoms with Crippen LogP contribution in [-0.4, -0.2) is 23.9 Å². The first-order valence-electron chi connectivity index (χ1n) is 3.45. The van der Waals surface area contributed by atoms with Crippen molar-refractivity contribution in [2.24, 2.45) is 5.92 Å². The van der Waals surface area contributed by atoms with Crippen molar-refractivity contribution in [3.8, 4) is 12.3 Å². The predicted molar refractivity (Wildman–Crippen MR) is 39.2 cm³/mol. The van der Waals surface area contributed by atoms with Crippen LogP contribution in [0.25, 0.3) is 0 Å². The van der Waals surface area contributed by atoms with Gasteiger partial charge < -0.3 is 4.90 Å². The predicted octanol–water partition coefficient (Wildman–Crippen LogP) is 0.488. The van der Waals surface area contributed by atoms with Gasteiger partial charge in [0.15, 0.2) is 0 Å². The highest BCUT2D eigenvalue weighted by atomic mass is 16.2. The first-order chi connectivity index (χ1) is 4.74. The van der Waals surface area contributed by atoms with Crippen molar-refractivity contribution in [1.29, 1.82) is 0 Å². The molecule has 0 aliphatic carbocycles. The van der Waals surface area contributed by atoms with Gasteiger partial charge in [-0.1, -0.05) is 12.8 Å². The lowest BCUT2D eigenvalue weighted by Gasteiger charge is -2.10. The molecule has 1 heterocycles. The summed E-state index contributed by atoms with van der Waals surface area (Å²) in [6, 6.07) is 0. The maximum Gasteiger partial charge on any atom is 0.223 e. The molecule has 1 amide bonds. The van der Waals surface area contributed by atoms with Crippen LogP contribution in [0.3, 0.4) is 0 Å². The van der Waals surface area contributed by atoms with Gasteiger partial charge in [-0.3, -0.25) is 4.79 Å². The van der Waals surface area contributed by atoms with Crippen molar-refractivity contribution in [1.82, 2.24) is 4.90 Å². The molecule has 54 valence electrons. The molecule has 1 saturated heterocycles. The van der Waals surface area contributed by atoms with Crippen LogP contribution >= 0.6 is 0 Å². The van der Waals surface area contributed by atoms with Crippen LogP contribution in [0.5, 0.6) is 0 Å². The number of hydrogen-bond acceptors (Lipinski definition) is 1. The van der Waals surface area contributed by atoms with Gasteiger partial charge in [-0.05, 0) is 5.92 Å². The lowest BCUT2D eigenvalue weighted by atomic mass is 10.2. The van der Waals surface area contributed by atoms with Crippen molar-refractivity contribution >= 4 is 5.91 Å². The Bertz CT molecular complexity index is 180. The maximum atomic E-state index is 11.0. The zero-order valence-electron chi connectivity index (χ0n) is 6.13. The molecule has 0 aromatic carbocycles. The third-order valence-corrected chi connectivity index (χ3v) is 1.69. The molecule has 1 atom stereocenters. The molecule has 0 aromatic heterocycles. The number of hydrogen-bond donors (Lipinski definition) is 0. The van der Waals surface area contributed by atoms with Crippen LogP contribution in [0.1, 0.15) is 13.3 Å². The third kappa shape index (κ3) is 1.30. The van der Waals surface area contributed by atoms with Crippen molar-refractivity contribution in [3.05, 3.63) is 0 Å². The smallest absolute Gasteiger partial charge is 0.223 e. The Kier molecular flexibility index (Phi) is 1.96. The molecule has 1 fully saturated rings. The lowest BCUT2D eigenvalue weighted by Crippen LogP contribution is -2.25. The van der Waals surface area contributed by atoms with Gasteiger partial charge in [-0.2, -0.15) is 0 Å². The summed E-state index contributed by atoms with van der Waals surface area (Å²) in [5.74, 6) is 3.15. The van der Waals surface area contributed by atoms with Crippen LogP contribution in [0.15, 0.2) is 0 Å². The highest BCUT2D eigenvalue weighted by Gasteiger charge is 2.24. The van der Waals surface area contributed by atoms with E-state index >= 15 is 0 Å². The summed E-state index contributed by atoms with van der Waals surface area (Å²) in [6.45, 7) is 3.38. The number of rotatable bonds is 1. The van der Waals surface area contributed by atoms with Crippen LogP contribution in [0, 0.1) is 18.3 Å². The first-order valence-corrected chi connectivity index (χ1v) is 3.45. The molecule has 0 saturated carbocycles. The van der Waals surface area contributed by atoms with Gasteiger partial charge in [0.2, 0.25) is 5.91 Å². The monoisotopic (exact) mass is 137 g/mol. The van der Waals surface area contributed by atoms with Gasteiger partial charge in [-0.25, -0.2) is 0 Å². The lowest BCUT2D eigenvalue weighted by molar-refractivity contribution is -0.127. The topological polar surface area (TPSA) is 20.3 Å². The molecule has 1 rings (SSSR count). The van der Waals surface area contributed by atoms with Crippen LogP contribution < -0.4 is 0 Å². The summed E-state index contributed by atoms with van der Waals surface area (Å²) < 4.78 is 0.